The molecular weight excluding hydrogens is 274 g/mol. The number of hydrogen-bond acceptors (Lipinski definition) is 4. The minimum absolute atomic E-state index is 0.0105. The lowest BCUT2D eigenvalue weighted by atomic mass is 10.2. The second-order valence-corrected chi connectivity index (χ2v) is 5.62. The van der Waals surface area contributed by atoms with Gasteiger partial charge in [0.25, 0.3) is 0 Å². The number of amides is 2. The van der Waals surface area contributed by atoms with E-state index in [1.807, 2.05) is 18.7 Å². The summed E-state index contributed by atoms with van der Waals surface area (Å²) in [5.41, 5.74) is 0. The molecule has 0 bridgehead atoms. The first-order valence-electron chi connectivity index (χ1n) is 7.56. The molecule has 7 heteroatoms. The number of rotatable bonds is 7. The largest absolute Gasteiger partial charge is 0.481 e. The van der Waals surface area contributed by atoms with Crippen molar-refractivity contribution in [3.8, 4) is 0 Å². The number of hydrogen-bond donors (Lipinski definition) is 2. The lowest BCUT2D eigenvalue weighted by Crippen LogP contribution is -2.54. The average molecular weight is 301 g/mol. The van der Waals surface area contributed by atoms with Gasteiger partial charge in [0.1, 0.15) is 0 Å². The third-order valence-corrected chi connectivity index (χ3v) is 3.71. The third kappa shape index (κ3) is 5.89. The van der Waals surface area contributed by atoms with Gasteiger partial charge >= 0.3 is 12.0 Å². The van der Waals surface area contributed by atoms with E-state index in [9.17, 15) is 9.59 Å². The molecule has 0 aromatic carbocycles. The van der Waals surface area contributed by atoms with Crippen LogP contribution in [0.2, 0.25) is 0 Å². The van der Waals surface area contributed by atoms with Crippen LogP contribution in [-0.4, -0.2) is 88.8 Å². The molecule has 0 unspecified atom stereocenters. The number of nitrogens with zero attached hydrogens (tertiary/aromatic N) is 3. The van der Waals surface area contributed by atoms with Gasteiger partial charge in [-0.15, -0.1) is 0 Å². The normalized spacial score (nSPS) is 16.3. The summed E-state index contributed by atoms with van der Waals surface area (Å²) in [5, 5.41) is 17.6. The van der Waals surface area contributed by atoms with Crippen LogP contribution in [0.1, 0.15) is 26.7 Å². The zero-order valence-electron chi connectivity index (χ0n) is 13.0. The van der Waals surface area contributed by atoms with Gasteiger partial charge in [0.05, 0.1) is 6.42 Å². The third-order valence-electron chi connectivity index (χ3n) is 3.71. The summed E-state index contributed by atoms with van der Waals surface area (Å²) >= 11 is 0. The van der Waals surface area contributed by atoms with Crippen LogP contribution < -0.4 is 0 Å². The first-order valence-corrected chi connectivity index (χ1v) is 7.56. The maximum atomic E-state index is 12.5. The lowest BCUT2D eigenvalue weighted by molar-refractivity contribution is -0.137. The van der Waals surface area contributed by atoms with E-state index in [1.54, 1.807) is 4.90 Å². The van der Waals surface area contributed by atoms with E-state index < -0.39 is 5.97 Å². The molecule has 122 valence electrons. The number of carboxylic acids is 1. The van der Waals surface area contributed by atoms with Crippen LogP contribution in [0, 0.1) is 0 Å². The van der Waals surface area contributed by atoms with Gasteiger partial charge in [-0.1, -0.05) is 0 Å². The van der Waals surface area contributed by atoms with E-state index in [1.165, 1.54) is 0 Å². The molecular formula is C14H27N3O4. The predicted octanol–water partition coefficient (Wildman–Crippen LogP) is 0.292. The van der Waals surface area contributed by atoms with Crippen molar-refractivity contribution in [3.63, 3.8) is 0 Å². The molecule has 1 aliphatic rings. The minimum atomic E-state index is -0.788. The van der Waals surface area contributed by atoms with Crippen molar-refractivity contribution in [2.45, 2.75) is 32.7 Å². The molecule has 1 aliphatic heterocycles. The van der Waals surface area contributed by atoms with Gasteiger partial charge in [0.15, 0.2) is 0 Å². The first kappa shape index (κ1) is 17.7. The van der Waals surface area contributed by atoms with E-state index in [2.05, 4.69) is 4.90 Å². The van der Waals surface area contributed by atoms with Gasteiger partial charge in [0.2, 0.25) is 0 Å². The summed E-state index contributed by atoms with van der Waals surface area (Å²) in [6.07, 6.45) is 0.727. The average Bonchev–Trinajstić information content (AvgIpc) is 2.45. The molecule has 2 N–H and O–H groups in total. The van der Waals surface area contributed by atoms with Crippen molar-refractivity contribution in [3.05, 3.63) is 0 Å². The monoisotopic (exact) mass is 301 g/mol. The van der Waals surface area contributed by atoms with Crippen LogP contribution in [0.15, 0.2) is 0 Å². The summed E-state index contributed by atoms with van der Waals surface area (Å²) < 4.78 is 0. The summed E-state index contributed by atoms with van der Waals surface area (Å²) in [5.74, 6) is -0.788. The van der Waals surface area contributed by atoms with Crippen LogP contribution in [0.25, 0.3) is 0 Å². The summed E-state index contributed by atoms with van der Waals surface area (Å²) in [4.78, 5) is 28.7. The van der Waals surface area contributed by atoms with E-state index in [0.29, 0.717) is 45.7 Å². The number of aliphatic hydroxyl groups is 1. The Bertz CT molecular complexity index is 341. The molecule has 0 aliphatic carbocycles. The van der Waals surface area contributed by atoms with Crippen LogP contribution in [0.4, 0.5) is 4.79 Å². The second kappa shape index (κ2) is 8.84. The quantitative estimate of drug-likeness (QED) is 0.706. The van der Waals surface area contributed by atoms with Crippen molar-refractivity contribution < 1.29 is 19.8 Å². The molecule has 1 heterocycles. The summed E-state index contributed by atoms with van der Waals surface area (Å²) in [6.45, 7) is 7.80. The Kier molecular flexibility index (Phi) is 7.45. The van der Waals surface area contributed by atoms with Crippen molar-refractivity contribution in [2.24, 2.45) is 0 Å². The van der Waals surface area contributed by atoms with Gasteiger partial charge in [0, 0.05) is 51.9 Å². The number of aliphatic hydroxyl groups excluding tert-OH is 1. The smallest absolute Gasteiger partial charge is 0.320 e. The van der Waals surface area contributed by atoms with Crippen molar-refractivity contribution >= 4 is 12.0 Å². The van der Waals surface area contributed by atoms with E-state index >= 15 is 0 Å². The molecule has 0 atom stereocenters. The fourth-order valence-electron chi connectivity index (χ4n) is 2.41. The molecule has 1 rings (SSSR count). The van der Waals surface area contributed by atoms with Crippen LogP contribution in [0.3, 0.4) is 0 Å². The zero-order valence-corrected chi connectivity index (χ0v) is 13.0. The van der Waals surface area contributed by atoms with Crippen LogP contribution in [0.5, 0.6) is 0 Å². The van der Waals surface area contributed by atoms with E-state index in [-0.39, 0.29) is 25.1 Å². The molecule has 7 nitrogen and oxygen atoms in total. The molecule has 0 aromatic rings. The Labute approximate surface area is 126 Å². The molecule has 0 saturated carbocycles. The molecule has 1 fully saturated rings. The van der Waals surface area contributed by atoms with Gasteiger partial charge in [-0.25, -0.2) is 4.79 Å². The van der Waals surface area contributed by atoms with Gasteiger partial charge in [-0.05, 0) is 20.3 Å². The summed E-state index contributed by atoms with van der Waals surface area (Å²) in [7, 11) is 0. The molecule has 0 radical (unpaired) electrons. The lowest BCUT2D eigenvalue weighted by Gasteiger charge is -2.38. The zero-order chi connectivity index (χ0) is 15.8. The SMILES string of the molecule is CC(C)N(CCCO)C(=O)N1CCN(CCC(=O)O)CC1. The van der Waals surface area contributed by atoms with Crippen molar-refractivity contribution in [1.82, 2.24) is 14.7 Å². The Hall–Kier alpha value is -1.34. The van der Waals surface area contributed by atoms with E-state index in [0.717, 1.165) is 0 Å². The van der Waals surface area contributed by atoms with Crippen LogP contribution in [-0.2, 0) is 4.79 Å². The minimum Gasteiger partial charge on any atom is -0.481 e. The number of piperazine rings is 1. The molecule has 0 spiro atoms. The topological polar surface area (TPSA) is 84.3 Å². The first-order chi connectivity index (χ1) is 9.95. The highest BCUT2D eigenvalue weighted by Gasteiger charge is 2.26. The van der Waals surface area contributed by atoms with E-state index in [4.69, 9.17) is 10.2 Å². The summed E-state index contributed by atoms with van der Waals surface area (Å²) in [6, 6.07) is 0.116. The van der Waals surface area contributed by atoms with Gasteiger partial charge < -0.3 is 20.0 Å². The Morgan fingerprint density at radius 2 is 1.81 bits per heavy atom. The maximum Gasteiger partial charge on any atom is 0.320 e. The molecule has 0 aromatic heterocycles. The fourth-order valence-corrected chi connectivity index (χ4v) is 2.41. The molecule has 1 saturated heterocycles. The second-order valence-electron chi connectivity index (χ2n) is 5.62. The maximum absolute atomic E-state index is 12.5. The molecule has 2 amide bonds. The van der Waals surface area contributed by atoms with Gasteiger partial charge in [-0.2, -0.15) is 0 Å². The fraction of sp³-hybridized carbons (Fsp3) is 0.857. The Morgan fingerprint density at radius 3 is 2.29 bits per heavy atom. The number of aliphatic carboxylic acids is 1. The standard InChI is InChI=1S/C14H27N3O4/c1-12(2)17(5-3-11-18)14(21)16-9-7-15(8-10-16)6-4-13(19)20/h12,18H,3-11H2,1-2H3,(H,19,20). The Balaban J connectivity index is 2.44. The highest BCUT2D eigenvalue weighted by Crippen LogP contribution is 2.10. The molecule has 21 heavy (non-hydrogen) atoms. The highest BCUT2D eigenvalue weighted by atomic mass is 16.4. The van der Waals surface area contributed by atoms with Gasteiger partial charge in [-0.3, -0.25) is 9.69 Å². The van der Waals surface area contributed by atoms with Crippen molar-refractivity contribution in [1.29, 1.82) is 0 Å². The van der Waals surface area contributed by atoms with Crippen LogP contribution >= 0.6 is 0 Å². The van der Waals surface area contributed by atoms with Crippen molar-refractivity contribution in [2.75, 3.05) is 45.9 Å². The highest BCUT2D eigenvalue weighted by molar-refractivity contribution is 5.75. The predicted molar refractivity (Wildman–Crippen MR) is 79.2 cm³/mol. The number of urea groups is 1. The number of carbonyl (C=O) groups excluding carboxylic acids is 1. The number of carboxylic acid groups (broad SMARTS) is 1. The number of carbonyl (C=O) groups is 2. The Morgan fingerprint density at radius 1 is 1.19 bits per heavy atom.